The van der Waals surface area contributed by atoms with Crippen molar-refractivity contribution in [2.45, 2.75) is 32.9 Å². The third-order valence-electron chi connectivity index (χ3n) is 4.08. The molecule has 8 heteroatoms. The number of hydrogen-bond acceptors (Lipinski definition) is 4. The lowest BCUT2D eigenvalue weighted by atomic mass is 10.2. The molecule has 0 heterocycles. The van der Waals surface area contributed by atoms with Gasteiger partial charge in [0.05, 0.1) is 18.0 Å². The van der Waals surface area contributed by atoms with Gasteiger partial charge in [-0.05, 0) is 57.2 Å². The van der Waals surface area contributed by atoms with E-state index in [4.69, 9.17) is 16.3 Å². The summed E-state index contributed by atoms with van der Waals surface area (Å²) in [6, 6.07) is 12.7. The average molecular weight is 425 g/mol. The van der Waals surface area contributed by atoms with E-state index < -0.39 is 22.0 Å². The summed E-state index contributed by atoms with van der Waals surface area (Å²) in [4.78, 5) is 12.6. The molecule has 152 valence electrons. The van der Waals surface area contributed by atoms with Crippen molar-refractivity contribution in [3.05, 3.63) is 59.1 Å². The van der Waals surface area contributed by atoms with Crippen molar-refractivity contribution in [1.29, 1.82) is 0 Å². The topological polar surface area (TPSA) is 75.7 Å². The van der Waals surface area contributed by atoms with Crippen LogP contribution in [0.25, 0.3) is 0 Å². The Balaban J connectivity index is 2.03. The number of halogens is 1. The summed E-state index contributed by atoms with van der Waals surface area (Å²) in [6.07, 6.45) is 1.06. The SMILES string of the molecule is Cc1ccc(OCC(C)NC(=O)C(C)N(c2ccc(Cl)cc2)S(C)(=O)=O)cc1. The van der Waals surface area contributed by atoms with Crippen molar-refractivity contribution in [1.82, 2.24) is 5.32 Å². The molecule has 1 amide bonds. The van der Waals surface area contributed by atoms with Crippen LogP contribution in [-0.2, 0) is 14.8 Å². The maximum atomic E-state index is 12.6. The van der Waals surface area contributed by atoms with Gasteiger partial charge in [0.1, 0.15) is 18.4 Å². The Morgan fingerprint density at radius 2 is 1.68 bits per heavy atom. The zero-order valence-corrected chi connectivity index (χ0v) is 17.9. The first-order valence-electron chi connectivity index (χ1n) is 8.82. The van der Waals surface area contributed by atoms with Crippen LogP contribution < -0.4 is 14.4 Å². The summed E-state index contributed by atoms with van der Waals surface area (Å²) >= 11 is 5.87. The van der Waals surface area contributed by atoms with Crippen LogP contribution in [0.5, 0.6) is 5.75 Å². The van der Waals surface area contributed by atoms with Crippen molar-refractivity contribution in [3.8, 4) is 5.75 Å². The molecule has 0 aliphatic carbocycles. The lowest BCUT2D eigenvalue weighted by Gasteiger charge is -2.29. The molecule has 0 aliphatic heterocycles. The van der Waals surface area contributed by atoms with Gasteiger partial charge < -0.3 is 10.1 Å². The molecule has 2 aromatic rings. The molecule has 0 spiro atoms. The molecule has 2 aromatic carbocycles. The van der Waals surface area contributed by atoms with E-state index in [1.165, 1.54) is 0 Å². The summed E-state index contributed by atoms with van der Waals surface area (Å²) in [5, 5.41) is 3.28. The number of hydrogen-bond donors (Lipinski definition) is 1. The van der Waals surface area contributed by atoms with Gasteiger partial charge in [0.25, 0.3) is 0 Å². The van der Waals surface area contributed by atoms with Gasteiger partial charge in [0.15, 0.2) is 0 Å². The van der Waals surface area contributed by atoms with Crippen molar-refractivity contribution in [3.63, 3.8) is 0 Å². The zero-order chi connectivity index (χ0) is 20.9. The number of amides is 1. The predicted molar refractivity (Wildman–Crippen MR) is 113 cm³/mol. The summed E-state index contributed by atoms with van der Waals surface area (Å²) in [6.45, 7) is 5.59. The van der Waals surface area contributed by atoms with Gasteiger partial charge in [-0.1, -0.05) is 29.3 Å². The molecule has 0 saturated carbocycles. The van der Waals surface area contributed by atoms with E-state index in [2.05, 4.69) is 5.32 Å². The fourth-order valence-electron chi connectivity index (χ4n) is 2.66. The first kappa shape index (κ1) is 22.0. The van der Waals surface area contributed by atoms with Crippen LogP contribution in [-0.4, -0.2) is 39.3 Å². The molecule has 0 bridgehead atoms. The highest BCUT2D eigenvalue weighted by Crippen LogP contribution is 2.23. The van der Waals surface area contributed by atoms with E-state index >= 15 is 0 Å². The third-order valence-corrected chi connectivity index (χ3v) is 5.57. The number of sulfonamides is 1. The lowest BCUT2D eigenvalue weighted by Crippen LogP contribution is -2.50. The van der Waals surface area contributed by atoms with Crippen LogP contribution in [0.3, 0.4) is 0 Å². The molecule has 2 atom stereocenters. The fourth-order valence-corrected chi connectivity index (χ4v) is 3.96. The second-order valence-corrected chi connectivity index (χ2v) is 9.04. The van der Waals surface area contributed by atoms with Gasteiger partial charge in [-0.25, -0.2) is 8.42 Å². The molecule has 2 rings (SSSR count). The largest absolute Gasteiger partial charge is 0.491 e. The van der Waals surface area contributed by atoms with Crippen molar-refractivity contribution in [2.75, 3.05) is 17.2 Å². The van der Waals surface area contributed by atoms with E-state index in [9.17, 15) is 13.2 Å². The standard InChI is InChI=1S/C20H25ClN2O4S/c1-14-5-11-19(12-6-14)27-13-15(2)22-20(24)16(3)23(28(4,25)26)18-9-7-17(21)8-10-18/h5-12,15-16H,13H2,1-4H3,(H,22,24). The van der Waals surface area contributed by atoms with Crippen molar-refractivity contribution >= 4 is 33.2 Å². The molecule has 0 aliphatic rings. The molecule has 0 fully saturated rings. The Labute approximate surface area is 171 Å². The number of carbonyl (C=O) groups is 1. The minimum Gasteiger partial charge on any atom is -0.491 e. The van der Waals surface area contributed by atoms with Crippen molar-refractivity contribution < 1.29 is 17.9 Å². The van der Waals surface area contributed by atoms with Gasteiger partial charge in [0, 0.05) is 5.02 Å². The molecule has 0 radical (unpaired) electrons. The lowest BCUT2D eigenvalue weighted by molar-refractivity contribution is -0.122. The second kappa shape index (κ2) is 9.30. The highest BCUT2D eigenvalue weighted by atomic mass is 35.5. The van der Waals surface area contributed by atoms with Crippen LogP contribution in [0.2, 0.25) is 5.02 Å². The van der Waals surface area contributed by atoms with Gasteiger partial charge in [0.2, 0.25) is 15.9 Å². The Morgan fingerprint density at radius 1 is 1.11 bits per heavy atom. The monoisotopic (exact) mass is 424 g/mol. The van der Waals surface area contributed by atoms with E-state index in [1.54, 1.807) is 38.1 Å². The molecule has 28 heavy (non-hydrogen) atoms. The number of rotatable bonds is 8. The highest BCUT2D eigenvalue weighted by molar-refractivity contribution is 7.92. The number of ether oxygens (including phenoxy) is 1. The van der Waals surface area contributed by atoms with Crippen molar-refractivity contribution in [2.24, 2.45) is 0 Å². The molecule has 2 unspecified atom stereocenters. The molecule has 1 N–H and O–H groups in total. The molecule has 6 nitrogen and oxygen atoms in total. The van der Waals surface area contributed by atoms with E-state index in [0.29, 0.717) is 16.5 Å². The second-order valence-electron chi connectivity index (χ2n) is 6.74. The quantitative estimate of drug-likeness (QED) is 0.704. The number of nitrogens with zero attached hydrogens (tertiary/aromatic N) is 1. The Hall–Kier alpha value is -2.25. The molecular formula is C20H25ClN2O4S. The predicted octanol–water partition coefficient (Wildman–Crippen LogP) is 3.39. The summed E-state index contributed by atoms with van der Waals surface area (Å²) in [5.74, 6) is 0.291. The highest BCUT2D eigenvalue weighted by Gasteiger charge is 2.29. The zero-order valence-electron chi connectivity index (χ0n) is 16.3. The summed E-state index contributed by atoms with van der Waals surface area (Å²) in [7, 11) is -3.67. The molecular weight excluding hydrogens is 400 g/mol. The normalized spacial score (nSPS) is 13.5. The van der Waals surface area contributed by atoms with Gasteiger partial charge in [-0.15, -0.1) is 0 Å². The number of anilines is 1. The van der Waals surface area contributed by atoms with Gasteiger partial charge in [-0.3, -0.25) is 9.10 Å². The van der Waals surface area contributed by atoms with E-state index in [0.717, 1.165) is 16.1 Å². The van der Waals surface area contributed by atoms with Crippen LogP contribution in [0.15, 0.2) is 48.5 Å². The Kier molecular flexibility index (Phi) is 7.32. The van der Waals surface area contributed by atoms with Crippen LogP contribution in [0.4, 0.5) is 5.69 Å². The van der Waals surface area contributed by atoms with Gasteiger partial charge >= 0.3 is 0 Å². The smallest absolute Gasteiger partial charge is 0.243 e. The summed E-state index contributed by atoms with van der Waals surface area (Å²) in [5.41, 5.74) is 1.50. The van der Waals surface area contributed by atoms with Crippen LogP contribution in [0, 0.1) is 6.92 Å². The first-order valence-corrected chi connectivity index (χ1v) is 11.1. The Morgan fingerprint density at radius 3 is 2.21 bits per heavy atom. The average Bonchev–Trinajstić information content (AvgIpc) is 2.62. The first-order chi connectivity index (χ1) is 13.1. The number of benzene rings is 2. The molecule has 0 saturated heterocycles. The van der Waals surface area contributed by atoms with Gasteiger partial charge in [-0.2, -0.15) is 0 Å². The maximum Gasteiger partial charge on any atom is 0.243 e. The third kappa shape index (κ3) is 6.14. The van der Waals surface area contributed by atoms with Crippen LogP contribution >= 0.6 is 11.6 Å². The Bertz CT molecular complexity index is 899. The number of aryl methyl sites for hydroxylation is 1. The van der Waals surface area contributed by atoms with E-state index in [1.807, 2.05) is 31.2 Å². The number of carbonyl (C=O) groups excluding carboxylic acids is 1. The summed E-state index contributed by atoms with van der Waals surface area (Å²) < 4.78 is 31.3. The number of nitrogens with one attached hydrogen (secondary N) is 1. The van der Waals surface area contributed by atoms with E-state index in [-0.39, 0.29) is 12.6 Å². The minimum absolute atomic E-state index is 0.265. The van der Waals surface area contributed by atoms with Crippen LogP contribution in [0.1, 0.15) is 19.4 Å². The maximum absolute atomic E-state index is 12.6. The fraction of sp³-hybridized carbons (Fsp3) is 0.350. The minimum atomic E-state index is -3.67. The molecule has 0 aromatic heterocycles.